The minimum absolute atomic E-state index is 0.153. The first kappa shape index (κ1) is 20.8. The maximum Gasteiger partial charge on any atom is 0.157 e. The van der Waals surface area contributed by atoms with E-state index >= 15 is 0 Å². The lowest BCUT2D eigenvalue weighted by atomic mass is 10.3. The van der Waals surface area contributed by atoms with Gasteiger partial charge in [-0.25, -0.2) is 0 Å². The van der Waals surface area contributed by atoms with Crippen LogP contribution in [0.4, 0.5) is 0 Å². The fourth-order valence-corrected chi connectivity index (χ4v) is 1.64. The van der Waals surface area contributed by atoms with Gasteiger partial charge in [-0.15, -0.1) is 0 Å². The van der Waals surface area contributed by atoms with Crippen molar-refractivity contribution >= 4 is 0 Å². The van der Waals surface area contributed by atoms with Crippen molar-refractivity contribution < 1.29 is 23.7 Å². The van der Waals surface area contributed by atoms with Gasteiger partial charge in [0.2, 0.25) is 0 Å². The third-order valence-electron chi connectivity index (χ3n) is 2.66. The molecule has 0 aliphatic rings. The molecule has 0 saturated heterocycles. The summed E-state index contributed by atoms with van der Waals surface area (Å²) >= 11 is 0. The summed E-state index contributed by atoms with van der Waals surface area (Å²) in [4.78, 5) is 0. The average molecular weight is 306 g/mol. The van der Waals surface area contributed by atoms with E-state index in [9.17, 15) is 0 Å². The Balaban J connectivity index is 3.42. The number of hydrogen-bond donors (Lipinski definition) is 0. The van der Waals surface area contributed by atoms with E-state index in [1.165, 1.54) is 0 Å². The predicted octanol–water partition coefficient (Wildman–Crippen LogP) is 3.02. The van der Waals surface area contributed by atoms with Crippen LogP contribution in [0, 0.1) is 0 Å². The van der Waals surface area contributed by atoms with Gasteiger partial charge in [-0.05, 0) is 19.3 Å². The molecule has 0 aromatic rings. The second-order valence-electron chi connectivity index (χ2n) is 4.80. The molecule has 5 nitrogen and oxygen atoms in total. The third kappa shape index (κ3) is 16.0. The molecule has 0 heterocycles. The molecule has 1 atom stereocenters. The molecule has 0 aliphatic carbocycles. The Labute approximate surface area is 130 Å². The molecule has 0 fully saturated rings. The zero-order valence-corrected chi connectivity index (χ0v) is 14.1. The van der Waals surface area contributed by atoms with E-state index in [0.717, 1.165) is 38.9 Å². The van der Waals surface area contributed by atoms with Crippen LogP contribution < -0.4 is 0 Å². The summed E-state index contributed by atoms with van der Waals surface area (Å²) in [5.41, 5.74) is 0. The highest BCUT2D eigenvalue weighted by molar-refractivity contribution is 4.45. The van der Waals surface area contributed by atoms with Crippen molar-refractivity contribution in [2.24, 2.45) is 0 Å². The van der Waals surface area contributed by atoms with Crippen LogP contribution in [0.1, 0.15) is 46.5 Å². The number of rotatable bonds is 17. The first-order valence-electron chi connectivity index (χ1n) is 8.31. The van der Waals surface area contributed by atoms with Gasteiger partial charge >= 0.3 is 0 Å². The van der Waals surface area contributed by atoms with E-state index in [1.807, 2.05) is 0 Å². The lowest BCUT2D eigenvalue weighted by Gasteiger charge is -2.18. The van der Waals surface area contributed by atoms with Crippen molar-refractivity contribution in [3.63, 3.8) is 0 Å². The predicted molar refractivity (Wildman–Crippen MR) is 83.6 cm³/mol. The molecule has 128 valence electrons. The summed E-state index contributed by atoms with van der Waals surface area (Å²) in [6.45, 7) is 11.5. The minimum Gasteiger partial charge on any atom is -0.379 e. The van der Waals surface area contributed by atoms with Crippen LogP contribution in [-0.4, -0.2) is 59.1 Å². The van der Waals surface area contributed by atoms with Crippen molar-refractivity contribution in [3.05, 3.63) is 0 Å². The van der Waals surface area contributed by atoms with E-state index in [-0.39, 0.29) is 6.29 Å². The maximum absolute atomic E-state index is 5.67. The molecule has 0 saturated carbocycles. The third-order valence-corrected chi connectivity index (χ3v) is 2.66. The van der Waals surface area contributed by atoms with Crippen molar-refractivity contribution in [1.29, 1.82) is 0 Å². The molecule has 21 heavy (non-hydrogen) atoms. The second kappa shape index (κ2) is 17.9. The zero-order chi connectivity index (χ0) is 15.6. The van der Waals surface area contributed by atoms with Gasteiger partial charge in [-0.2, -0.15) is 0 Å². The fourth-order valence-electron chi connectivity index (χ4n) is 1.64. The highest BCUT2D eigenvalue weighted by Crippen LogP contribution is 2.04. The van der Waals surface area contributed by atoms with Crippen molar-refractivity contribution in [2.45, 2.75) is 52.7 Å². The van der Waals surface area contributed by atoms with Crippen molar-refractivity contribution in [3.8, 4) is 0 Å². The SMILES string of the molecule is CCCOCCOCCOC(CCC)OCCOCCC. The average Bonchev–Trinajstić information content (AvgIpc) is 2.49. The van der Waals surface area contributed by atoms with Crippen LogP contribution >= 0.6 is 0 Å². The van der Waals surface area contributed by atoms with E-state index in [4.69, 9.17) is 23.7 Å². The summed E-state index contributed by atoms with van der Waals surface area (Å²) in [6.07, 6.45) is 3.86. The van der Waals surface area contributed by atoms with Gasteiger partial charge in [0.15, 0.2) is 6.29 Å². The summed E-state index contributed by atoms with van der Waals surface area (Å²) in [7, 11) is 0. The molecular formula is C16H34O5. The molecule has 0 rings (SSSR count). The molecule has 0 aromatic carbocycles. The molecular weight excluding hydrogens is 272 g/mol. The van der Waals surface area contributed by atoms with Gasteiger partial charge in [0, 0.05) is 13.2 Å². The highest BCUT2D eigenvalue weighted by Gasteiger charge is 2.07. The van der Waals surface area contributed by atoms with Gasteiger partial charge in [0.05, 0.1) is 39.6 Å². The number of ether oxygens (including phenoxy) is 5. The molecule has 0 radical (unpaired) electrons. The second-order valence-corrected chi connectivity index (χ2v) is 4.80. The Kier molecular flexibility index (Phi) is 17.7. The lowest BCUT2D eigenvalue weighted by Crippen LogP contribution is -2.22. The molecule has 5 heteroatoms. The Morgan fingerprint density at radius 2 is 0.952 bits per heavy atom. The Morgan fingerprint density at radius 1 is 0.524 bits per heavy atom. The zero-order valence-electron chi connectivity index (χ0n) is 14.1. The summed E-state index contributed by atoms with van der Waals surface area (Å²) in [5, 5.41) is 0. The Morgan fingerprint density at radius 3 is 1.38 bits per heavy atom. The monoisotopic (exact) mass is 306 g/mol. The summed E-state index contributed by atoms with van der Waals surface area (Å²) in [5.74, 6) is 0. The van der Waals surface area contributed by atoms with E-state index < -0.39 is 0 Å². The van der Waals surface area contributed by atoms with Crippen LogP contribution in [0.3, 0.4) is 0 Å². The summed E-state index contributed by atoms with van der Waals surface area (Å²) < 4.78 is 27.5. The largest absolute Gasteiger partial charge is 0.379 e. The van der Waals surface area contributed by atoms with Crippen LogP contribution in [0.5, 0.6) is 0 Å². The maximum atomic E-state index is 5.67. The highest BCUT2D eigenvalue weighted by atomic mass is 16.7. The number of hydrogen-bond acceptors (Lipinski definition) is 5. The first-order chi connectivity index (χ1) is 10.3. The fraction of sp³-hybridized carbons (Fsp3) is 1.00. The van der Waals surface area contributed by atoms with E-state index in [1.54, 1.807) is 0 Å². The van der Waals surface area contributed by atoms with Crippen molar-refractivity contribution in [1.82, 2.24) is 0 Å². The molecule has 0 spiro atoms. The van der Waals surface area contributed by atoms with Gasteiger partial charge in [-0.3, -0.25) is 0 Å². The van der Waals surface area contributed by atoms with Gasteiger partial charge in [0.1, 0.15) is 0 Å². The molecule has 1 unspecified atom stereocenters. The van der Waals surface area contributed by atoms with E-state index in [0.29, 0.717) is 39.6 Å². The molecule has 0 amide bonds. The molecule has 0 bridgehead atoms. The molecule has 0 N–H and O–H groups in total. The Hall–Kier alpha value is -0.200. The molecule has 0 aliphatic heterocycles. The quantitative estimate of drug-likeness (QED) is 0.305. The van der Waals surface area contributed by atoms with Crippen LogP contribution in [-0.2, 0) is 23.7 Å². The smallest absolute Gasteiger partial charge is 0.157 e. The van der Waals surface area contributed by atoms with Gasteiger partial charge < -0.3 is 23.7 Å². The Bertz CT molecular complexity index is 190. The molecule has 0 aromatic heterocycles. The summed E-state index contributed by atoms with van der Waals surface area (Å²) in [6, 6.07) is 0. The van der Waals surface area contributed by atoms with Crippen LogP contribution in [0.25, 0.3) is 0 Å². The normalized spacial score (nSPS) is 12.7. The van der Waals surface area contributed by atoms with Gasteiger partial charge in [-0.1, -0.05) is 27.2 Å². The van der Waals surface area contributed by atoms with Crippen LogP contribution in [0.15, 0.2) is 0 Å². The van der Waals surface area contributed by atoms with Crippen LogP contribution in [0.2, 0.25) is 0 Å². The van der Waals surface area contributed by atoms with Crippen molar-refractivity contribution in [2.75, 3.05) is 52.9 Å². The van der Waals surface area contributed by atoms with Gasteiger partial charge in [0.25, 0.3) is 0 Å². The lowest BCUT2D eigenvalue weighted by molar-refractivity contribution is -0.161. The first-order valence-corrected chi connectivity index (χ1v) is 8.31. The standard InChI is InChI=1S/C16H34O5/c1-4-7-16(20-14-12-18-9-6-3)21-15-13-19-11-10-17-8-5-2/h16H,4-15H2,1-3H3. The van der Waals surface area contributed by atoms with E-state index in [2.05, 4.69) is 20.8 Å². The topological polar surface area (TPSA) is 46.2 Å². The minimum atomic E-state index is -0.153.